The van der Waals surface area contributed by atoms with Crippen molar-refractivity contribution in [2.24, 2.45) is 0 Å². The molecule has 2 rings (SSSR count). The van der Waals surface area contributed by atoms with Gasteiger partial charge in [0.25, 0.3) is 0 Å². The van der Waals surface area contributed by atoms with Gasteiger partial charge in [0, 0.05) is 18.6 Å². The number of hydrogen-bond donors (Lipinski definition) is 0. The zero-order valence-electron chi connectivity index (χ0n) is 19.0. The van der Waals surface area contributed by atoms with E-state index in [9.17, 15) is 4.79 Å². The van der Waals surface area contributed by atoms with Gasteiger partial charge in [-0.15, -0.1) is 0 Å². The minimum absolute atomic E-state index is 0.0692. The molecule has 0 amide bonds. The molecule has 1 aromatic rings. The molecule has 1 aliphatic rings. The molecule has 0 N–H and O–H groups in total. The number of rotatable bonds is 15. The Kier molecular flexibility index (Phi) is 11.0. The Hall–Kier alpha value is -1.81. The lowest BCUT2D eigenvalue weighted by atomic mass is 9.85. The largest absolute Gasteiger partial charge is 0.493 e. The zero-order chi connectivity index (χ0) is 21.7. The van der Waals surface area contributed by atoms with Crippen LogP contribution >= 0.6 is 0 Å². The number of benzene rings is 1. The fourth-order valence-electron chi connectivity index (χ4n) is 4.12. The van der Waals surface area contributed by atoms with E-state index in [0.717, 1.165) is 44.5 Å². The summed E-state index contributed by atoms with van der Waals surface area (Å²) in [6, 6.07) is 9.79. The van der Waals surface area contributed by atoms with Crippen LogP contribution in [0.15, 0.2) is 42.5 Å². The number of unbranched alkanes of at least 4 members (excludes halogenated alkanes) is 6. The van der Waals surface area contributed by atoms with Crippen molar-refractivity contribution < 1.29 is 19.0 Å². The second kappa shape index (κ2) is 13.5. The van der Waals surface area contributed by atoms with Gasteiger partial charge in [-0.05, 0) is 44.7 Å². The lowest BCUT2D eigenvalue weighted by Crippen LogP contribution is -2.47. The van der Waals surface area contributed by atoms with Crippen LogP contribution in [-0.4, -0.2) is 30.9 Å². The summed E-state index contributed by atoms with van der Waals surface area (Å²) in [5.41, 5.74) is -0.217. The maximum absolute atomic E-state index is 12.5. The Morgan fingerprint density at radius 3 is 2.43 bits per heavy atom. The smallest absolute Gasteiger partial charge is 0.333 e. The molecule has 0 radical (unpaired) electrons. The number of esters is 1. The van der Waals surface area contributed by atoms with Crippen LogP contribution in [0, 0.1) is 0 Å². The first-order chi connectivity index (χ1) is 14.6. The van der Waals surface area contributed by atoms with Crippen LogP contribution < -0.4 is 4.74 Å². The molecule has 2 atom stereocenters. The summed E-state index contributed by atoms with van der Waals surface area (Å²) in [5.74, 6) is 0.508. The molecule has 2 unspecified atom stereocenters. The molecule has 1 fully saturated rings. The molecule has 0 spiro atoms. The van der Waals surface area contributed by atoms with E-state index in [1.807, 2.05) is 30.3 Å². The summed E-state index contributed by atoms with van der Waals surface area (Å²) >= 11 is 0. The van der Waals surface area contributed by atoms with Gasteiger partial charge >= 0.3 is 5.97 Å². The highest BCUT2D eigenvalue weighted by Gasteiger charge is 2.44. The predicted octanol–water partition coefficient (Wildman–Crippen LogP) is 6.63. The second-order valence-corrected chi connectivity index (χ2v) is 8.52. The number of para-hydroxylation sites is 1. The monoisotopic (exact) mass is 416 g/mol. The van der Waals surface area contributed by atoms with E-state index < -0.39 is 5.60 Å². The van der Waals surface area contributed by atoms with E-state index in [-0.39, 0.29) is 12.1 Å². The topological polar surface area (TPSA) is 44.8 Å². The van der Waals surface area contributed by atoms with Crippen molar-refractivity contribution in [2.75, 3.05) is 13.2 Å². The molecule has 0 bridgehead atoms. The molecule has 4 heteroatoms. The van der Waals surface area contributed by atoms with Crippen LogP contribution in [-0.2, 0) is 14.3 Å². The van der Waals surface area contributed by atoms with Crippen LogP contribution in [0.5, 0.6) is 5.75 Å². The SMILES string of the molecule is C=C(C)C(=O)OC(CCCCCCCCC)(CCOc1ccccc1)C1CCCO1. The van der Waals surface area contributed by atoms with Gasteiger partial charge < -0.3 is 14.2 Å². The summed E-state index contributed by atoms with van der Waals surface area (Å²) in [7, 11) is 0. The Morgan fingerprint density at radius 2 is 1.80 bits per heavy atom. The summed E-state index contributed by atoms with van der Waals surface area (Å²) in [4.78, 5) is 12.5. The molecule has 0 aliphatic carbocycles. The van der Waals surface area contributed by atoms with Crippen molar-refractivity contribution in [1.29, 1.82) is 0 Å². The van der Waals surface area contributed by atoms with E-state index in [1.165, 1.54) is 32.1 Å². The Morgan fingerprint density at radius 1 is 1.10 bits per heavy atom. The Labute approximate surface area is 183 Å². The minimum Gasteiger partial charge on any atom is -0.493 e. The molecule has 30 heavy (non-hydrogen) atoms. The van der Waals surface area contributed by atoms with Crippen molar-refractivity contribution in [3.05, 3.63) is 42.5 Å². The second-order valence-electron chi connectivity index (χ2n) is 8.52. The van der Waals surface area contributed by atoms with Gasteiger partial charge in [-0.2, -0.15) is 0 Å². The van der Waals surface area contributed by atoms with Crippen LogP contribution in [0.4, 0.5) is 0 Å². The van der Waals surface area contributed by atoms with Crippen LogP contribution in [0.3, 0.4) is 0 Å². The third-order valence-corrected chi connectivity index (χ3v) is 5.90. The summed E-state index contributed by atoms with van der Waals surface area (Å²) in [6.07, 6.45) is 11.9. The van der Waals surface area contributed by atoms with Crippen LogP contribution in [0.2, 0.25) is 0 Å². The summed E-state index contributed by atoms with van der Waals surface area (Å²) in [5, 5.41) is 0. The van der Waals surface area contributed by atoms with Crippen molar-refractivity contribution in [3.8, 4) is 5.75 Å². The Balaban J connectivity index is 2.01. The summed E-state index contributed by atoms with van der Waals surface area (Å²) in [6.45, 7) is 8.95. The predicted molar refractivity (Wildman–Crippen MR) is 122 cm³/mol. The highest BCUT2D eigenvalue weighted by Crippen LogP contribution is 2.36. The number of carbonyl (C=O) groups is 1. The van der Waals surface area contributed by atoms with Gasteiger partial charge in [0.15, 0.2) is 0 Å². The van der Waals surface area contributed by atoms with E-state index in [0.29, 0.717) is 18.6 Å². The molecule has 1 aliphatic heterocycles. The zero-order valence-corrected chi connectivity index (χ0v) is 19.0. The third-order valence-electron chi connectivity index (χ3n) is 5.90. The fraction of sp³-hybridized carbons (Fsp3) is 0.654. The van der Waals surface area contributed by atoms with Gasteiger partial charge in [-0.1, -0.05) is 70.2 Å². The van der Waals surface area contributed by atoms with Crippen molar-refractivity contribution >= 4 is 5.97 Å². The first-order valence-corrected chi connectivity index (χ1v) is 11.8. The molecule has 1 saturated heterocycles. The molecular weight excluding hydrogens is 376 g/mol. The maximum atomic E-state index is 12.5. The lowest BCUT2D eigenvalue weighted by Gasteiger charge is -2.38. The third kappa shape index (κ3) is 8.14. The van der Waals surface area contributed by atoms with Crippen LogP contribution in [0.1, 0.15) is 84.5 Å². The number of hydrogen-bond acceptors (Lipinski definition) is 4. The van der Waals surface area contributed by atoms with E-state index >= 15 is 0 Å². The minimum atomic E-state index is -0.648. The normalized spacial score (nSPS) is 18.0. The van der Waals surface area contributed by atoms with E-state index in [4.69, 9.17) is 14.2 Å². The van der Waals surface area contributed by atoms with E-state index in [1.54, 1.807) is 6.92 Å². The molecule has 0 saturated carbocycles. The first-order valence-electron chi connectivity index (χ1n) is 11.8. The molecule has 0 aromatic heterocycles. The Bertz CT molecular complexity index is 621. The maximum Gasteiger partial charge on any atom is 0.333 e. The quantitative estimate of drug-likeness (QED) is 0.183. The standard InChI is InChI=1S/C26H40O4/c1-4-5-6-7-8-9-13-18-26(24-17-14-20-29-24,30-25(27)22(2)3)19-21-28-23-15-11-10-12-16-23/h10-12,15-16,24H,2,4-9,13-14,17-21H2,1,3H3. The molecule has 168 valence electrons. The van der Waals surface area contributed by atoms with Crippen LogP contribution in [0.25, 0.3) is 0 Å². The van der Waals surface area contributed by atoms with E-state index in [2.05, 4.69) is 13.5 Å². The highest BCUT2D eigenvalue weighted by molar-refractivity contribution is 5.87. The average molecular weight is 417 g/mol. The first kappa shape index (κ1) is 24.5. The van der Waals surface area contributed by atoms with Gasteiger partial charge in [0.05, 0.1) is 12.7 Å². The number of ether oxygens (including phenoxy) is 3. The molecule has 1 heterocycles. The lowest BCUT2D eigenvalue weighted by molar-refractivity contribution is -0.175. The highest BCUT2D eigenvalue weighted by atomic mass is 16.6. The van der Waals surface area contributed by atoms with Crippen molar-refractivity contribution in [3.63, 3.8) is 0 Å². The van der Waals surface area contributed by atoms with Gasteiger partial charge in [0.1, 0.15) is 11.4 Å². The van der Waals surface area contributed by atoms with Crippen molar-refractivity contribution in [2.45, 2.75) is 96.2 Å². The molecular formula is C26H40O4. The number of carbonyl (C=O) groups excluding carboxylic acids is 1. The fourth-order valence-corrected chi connectivity index (χ4v) is 4.12. The van der Waals surface area contributed by atoms with Gasteiger partial charge in [-0.25, -0.2) is 4.79 Å². The average Bonchev–Trinajstić information content (AvgIpc) is 3.29. The summed E-state index contributed by atoms with van der Waals surface area (Å²) < 4.78 is 18.1. The van der Waals surface area contributed by atoms with Gasteiger partial charge in [0.2, 0.25) is 0 Å². The van der Waals surface area contributed by atoms with Crippen molar-refractivity contribution in [1.82, 2.24) is 0 Å². The molecule has 1 aromatic carbocycles. The van der Waals surface area contributed by atoms with Gasteiger partial charge in [-0.3, -0.25) is 0 Å². The molecule has 4 nitrogen and oxygen atoms in total.